The molecule has 0 fully saturated rings. The van der Waals surface area contributed by atoms with Crippen molar-refractivity contribution in [1.82, 2.24) is 0 Å². The maximum atomic E-state index is 12.4. The van der Waals surface area contributed by atoms with Crippen molar-refractivity contribution in [2.45, 2.75) is 0 Å². The molecule has 3 nitrogen and oxygen atoms in total. The Labute approximate surface area is 120 Å². The van der Waals surface area contributed by atoms with Crippen LogP contribution in [-0.2, 0) is 0 Å². The van der Waals surface area contributed by atoms with Crippen molar-refractivity contribution in [2.24, 2.45) is 0 Å². The van der Waals surface area contributed by atoms with Crippen LogP contribution in [0.3, 0.4) is 0 Å². The zero-order chi connectivity index (χ0) is 14.0. The highest BCUT2D eigenvalue weighted by atomic mass is 35.5. The molecule has 0 atom stereocenters. The zero-order valence-electron chi connectivity index (χ0n) is 10.1. The van der Waals surface area contributed by atoms with Gasteiger partial charge in [0.1, 0.15) is 5.75 Å². The van der Waals surface area contributed by atoms with E-state index >= 15 is 0 Å². The summed E-state index contributed by atoms with van der Waals surface area (Å²) >= 11 is 11.8. The van der Waals surface area contributed by atoms with Crippen LogP contribution >= 0.6 is 23.2 Å². The molecule has 0 aromatic heterocycles. The number of rotatable bonds is 3. The average Bonchev–Trinajstić information content (AvgIpc) is 2.38. The van der Waals surface area contributed by atoms with E-state index in [0.29, 0.717) is 32.6 Å². The second-order valence-electron chi connectivity index (χ2n) is 3.91. The van der Waals surface area contributed by atoms with Gasteiger partial charge in [0.05, 0.1) is 12.1 Å². The molecule has 0 aliphatic carbocycles. The van der Waals surface area contributed by atoms with Crippen molar-refractivity contribution in [3.8, 4) is 5.75 Å². The normalized spacial score (nSPS) is 10.3. The number of benzene rings is 2. The van der Waals surface area contributed by atoms with Gasteiger partial charge >= 0.3 is 0 Å². The highest BCUT2D eigenvalue weighted by Gasteiger charge is 2.16. The molecule has 0 saturated carbocycles. The number of nitrogens with two attached hydrogens (primary N) is 1. The Bertz CT molecular complexity index is 641. The summed E-state index contributed by atoms with van der Waals surface area (Å²) in [5, 5.41) is 0.764. The molecule has 0 aliphatic rings. The van der Waals surface area contributed by atoms with Crippen LogP contribution in [-0.4, -0.2) is 12.9 Å². The van der Waals surface area contributed by atoms with Gasteiger partial charge in [0.15, 0.2) is 5.78 Å². The number of ether oxygens (including phenoxy) is 1. The molecule has 0 spiro atoms. The van der Waals surface area contributed by atoms with Crippen molar-refractivity contribution in [2.75, 3.05) is 12.8 Å². The molecule has 0 unspecified atom stereocenters. The number of hydrogen-bond acceptors (Lipinski definition) is 3. The lowest BCUT2D eigenvalue weighted by Gasteiger charge is -2.08. The van der Waals surface area contributed by atoms with Gasteiger partial charge in [-0.1, -0.05) is 23.2 Å². The predicted octanol–water partition coefficient (Wildman–Crippen LogP) is 3.82. The van der Waals surface area contributed by atoms with E-state index in [1.807, 2.05) is 0 Å². The third-order valence-electron chi connectivity index (χ3n) is 2.68. The molecule has 98 valence electrons. The number of ketones is 1. The van der Waals surface area contributed by atoms with E-state index < -0.39 is 0 Å². The summed E-state index contributed by atoms with van der Waals surface area (Å²) in [6.45, 7) is 0. The number of methoxy groups -OCH3 is 1. The van der Waals surface area contributed by atoms with E-state index in [-0.39, 0.29) is 5.78 Å². The second-order valence-corrected chi connectivity index (χ2v) is 4.75. The maximum absolute atomic E-state index is 12.4. The molecular weight excluding hydrogens is 285 g/mol. The Morgan fingerprint density at radius 2 is 1.84 bits per heavy atom. The molecule has 0 amide bonds. The topological polar surface area (TPSA) is 52.3 Å². The molecule has 0 heterocycles. The molecule has 2 aromatic rings. The summed E-state index contributed by atoms with van der Waals surface area (Å²) in [5.74, 6) is 0.292. The Morgan fingerprint density at radius 3 is 2.47 bits per heavy atom. The minimum Gasteiger partial charge on any atom is -0.497 e. The first-order chi connectivity index (χ1) is 9.02. The fourth-order valence-electron chi connectivity index (χ4n) is 1.68. The fourth-order valence-corrected chi connectivity index (χ4v) is 2.17. The van der Waals surface area contributed by atoms with Gasteiger partial charge in [-0.15, -0.1) is 0 Å². The van der Waals surface area contributed by atoms with E-state index in [1.54, 1.807) is 30.3 Å². The molecule has 2 rings (SSSR count). The largest absolute Gasteiger partial charge is 0.497 e. The molecule has 2 N–H and O–H groups in total. The Kier molecular flexibility index (Phi) is 3.98. The van der Waals surface area contributed by atoms with Gasteiger partial charge in [0.2, 0.25) is 0 Å². The van der Waals surface area contributed by atoms with Gasteiger partial charge in [-0.25, -0.2) is 0 Å². The Hall–Kier alpha value is -1.71. The number of carbonyl (C=O) groups is 1. The SMILES string of the molecule is COc1ccc(N)c(C(=O)c2ccc(Cl)cc2Cl)c1. The first-order valence-electron chi connectivity index (χ1n) is 5.46. The summed E-state index contributed by atoms with van der Waals surface area (Å²) < 4.78 is 5.08. The van der Waals surface area contributed by atoms with Crippen LogP contribution in [0, 0.1) is 0 Å². The Balaban J connectivity index is 2.49. The van der Waals surface area contributed by atoms with Crippen LogP contribution < -0.4 is 10.5 Å². The smallest absolute Gasteiger partial charge is 0.196 e. The number of anilines is 1. The van der Waals surface area contributed by atoms with Gasteiger partial charge in [0.25, 0.3) is 0 Å². The van der Waals surface area contributed by atoms with Crippen molar-refractivity contribution in [1.29, 1.82) is 0 Å². The quantitative estimate of drug-likeness (QED) is 0.692. The summed E-state index contributed by atoms with van der Waals surface area (Å²) in [4.78, 5) is 12.4. The van der Waals surface area contributed by atoms with E-state index in [9.17, 15) is 4.79 Å². The number of hydrogen-bond donors (Lipinski definition) is 1. The molecule has 5 heteroatoms. The lowest BCUT2D eigenvalue weighted by Crippen LogP contribution is -2.06. The van der Waals surface area contributed by atoms with Crippen LogP contribution in [0.5, 0.6) is 5.75 Å². The molecule has 19 heavy (non-hydrogen) atoms. The van der Waals surface area contributed by atoms with Gasteiger partial charge in [-0.2, -0.15) is 0 Å². The third kappa shape index (κ3) is 2.83. The minimum atomic E-state index is -0.266. The summed E-state index contributed by atoms with van der Waals surface area (Å²) in [5.41, 5.74) is 6.89. The van der Waals surface area contributed by atoms with Gasteiger partial charge in [0, 0.05) is 21.8 Å². The standard InChI is InChI=1S/C14H11Cl2NO2/c1-19-9-3-5-13(17)11(7-9)14(18)10-4-2-8(15)6-12(10)16/h2-7H,17H2,1H3. The first kappa shape index (κ1) is 13.7. The molecule has 0 radical (unpaired) electrons. The van der Waals surface area contributed by atoms with Crippen LogP contribution in [0.1, 0.15) is 15.9 Å². The van der Waals surface area contributed by atoms with E-state index in [0.717, 1.165) is 0 Å². The third-order valence-corrected chi connectivity index (χ3v) is 3.23. The molecule has 0 aliphatic heterocycles. The lowest BCUT2D eigenvalue weighted by atomic mass is 10.0. The zero-order valence-corrected chi connectivity index (χ0v) is 11.6. The monoisotopic (exact) mass is 295 g/mol. The fraction of sp³-hybridized carbons (Fsp3) is 0.0714. The van der Waals surface area contributed by atoms with Crippen LogP contribution in [0.4, 0.5) is 5.69 Å². The molecule has 0 saturated heterocycles. The van der Waals surface area contributed by atoms with Gasteiger partial charge in [-0.05, 0) is 36.4 Å². The molecular formula is C14H11Cl2NO2. The van der Waals surface area contributed by atoms with Crippen molar-refractivity contribution in [3.63, 3.8) is 0 Å². The number of halogens is 2. The van der Waals surface area contributed by atoms with Crippen molar-refractivity contribution in [3.05, 3.63) is 57.6 Å². The van der Waals surface area contributed by atoms with Gasteiger partial charge < -0.3 is 10.5 Å². The van der Waals surface area contributed by atoms with Crippen molar-refractivity contribution < 1.29 is 9.53 Å². The van der Waals surface area contributed by atoms with Crippen LogP contribution in [0.25, 0.3) is 0 Å². The number of nitrogen functional groups attached to an aromatic ring is 1. The molecule has 2 aromatic carbocycles. The summed E-state index contributed by atoms with van der Waals surface area (Å²) in [7, 11) is 1.52. The van der Waals surface area contributed by atoms with Crippen molar-refractivity contribution >= 4 is 34.7 Å². The summed E-state index contributed by atoms with van der Waals surface area (Å²) in [6.07, 6.45) is 0. The van der Waals surface area contributed by atoms with Gasteiger partial charge in [-0.3, -0.25) is 4.79 Å². The molecule has 0 bridgehead atoms. The predicted molar refractivity (Wildman–Crippen MR) is 77.3 cm³/mol. The Morgan fingerprint density at radius 1 is 1.11 bits per heavy atom. The minimum absolute atomic E-state index is 0.266. The van der Waals surface area contributed by atoms with Crippen LogP contribution in [0.15, 0.2) is 36.4 Å². The summed E-state index contributed by atoms with van der Waals surface area (Å²) in [6, 6.07) is 9.60. The highest BCUT2D eigenvalue weighted by Crippen LogP contribution is 2.27. The van der Waals surface area contributed by atoms with Crippen LogP contribution in [0.2, 0.25) is 10.0 Å². The number of carbonyl (C=O) groups excluding carboxylic acids is 1. The lowest BCUT2D eigenvalue weighted by molar-refractivity contribution is 0.103. The average molecular weight is 296 g/mol. The highest BCUT2D eigenvalue weighted by molar-refractivity contribution is 6.37. The maximum Gasteiger partial charge on any atom is 0.196 e. The second kappa shape index (κ2) is 5.51. The first-order valence-corrected chi connectivity index (χ1v) is 6.22. The van der Waals surface area contributed by atoms with E-state index in [1.165, 1.54) is 13.2 Å². The van der Waals surface area contributed by atoms with E-state index in [4.69, 9.17) is 33.7 Å². The van der Waals surface area contributed by atoms with E-state index in [2.05, 4.69) is 0 Å².